The molecule has 4 rings (SSSR count). The number of benzene rings is 1. The lowest BCUT2D eigenvalue weighted by Gasteiger charge is -2.38. The van der Waals surface area contributed by atoms with Gasteiger partial charge in [0.25, 0.3) is 11.8 Å². The van der Waals surface area contributed by atoms with Crippen molar-refractivity contribution in [2.45, 2.75) is 33.2 Å². The minimum absolute atomic E-state index is 0.156. The van der Waals surface area contributed by atoms with Crippen molar-refractivity contribution in [1.82, 2.24) is 19.8 Å². The molecule has 2 aromatic rings. The zero-order valence-corrected chi connectivity index (χ0v) is 18.1. The Morgan fingerprint density at radius 1 is 1.00 bits per heavy atom. The molecule has 2 aliphatic heterocycles. The molecule has 0 N–H and O–H groups in total. The van der Waals surface area contributed by atoms with Gasteiger partial charge in [0, 0.05) is 37.9 Å². The van der Waals surface area contributed by atoms with E-state index in [1.165, 1.54) is 4.90 Å². The van der Waals surface area contributed by atoms with Crippen molar-refractivity contribution in [2.75, 3.05) is 31.1 Å². The topological polar surface area (TPSA) is 86.7 Å². The van der Waals surface area contributed by atoms with Crippen LogP contribution in [0.4, 0.5) is 5.82 Å². The summed E-state index contributed by atoms with van der Waals surface area (Å²) in [5.74, 6) is 0.0772. The lowest BCUT2D eigenvalue weighted by Crippen LogP contribution is -2.56. The highest BCUT2D eigenvalue weighted by atomic mass is 16.2. The maximum absolute atomic E-state index is 13.5. The van der Waals surface area contributed by atoms with E-state index in [0.29, 0.717) is 43.7 Å². The van der Waals surface area contributed by atoms with Crippen LogP contribution in [0.15, 0.2) is 36.7 Å². The van der Waals surface area contributed by atoms with Crippen LogP contribution >= 0.6 is 0 Å². The Kier molecular flexibility index (Phi) is 5.71. The number of carbonyl (C=O) groups excluding carboxylic acids is 3. The summed E-state index contributed by atoms with van der Waals surface area (Å²) in [4.78, 5) is 53.0. The molecule has 0 radical (unpaired) electrons. The first kappa shape index (κ1) is 21.0. The van der Waals surface area contributed by atoms with Gasteiger partial charge < -0.3 is 9.80 Å². The number of anilines is 1. The van der Waals surface area contributed by atoms with Crippen LogP contribution in [0.3, 0.4) is 0 Å². The van der Waals surface area contributed by atoms with E-state index >= 15 is 0 Å². The fourth-order valence-electron chi connectivity index (χ4n) is 4.23. The van der Waals surface area contributed by atoms with Gasteiger partial charge >= 0.3 is 0 Å². The van der Waals surface area contributed by atoms with Crippen LogP contribution in [-0.4, -0.2) is 69.7 Å². The highest BCUT2D eigenvalue weighted by molar-refractivity contribution is 6.22. The van der Waals surface area contributed by atoms with Crippen molar-refractivity contribution < 1.29 is 14.4 Å². The third kappa shape index (κ3) is 4.02. The van der Waals surface area contributed by atoms with Gasteiger partial charge in [-0.1, -0.05) is 26.0 Å². The summed E-state index contributed by atoms with van der Waals surface area (Å²) in [5, 5.41) is 0. The van der Waals surface area contributed by atoms with Gasteiger partial charge in [-0.15, -0.1) is 0 Å². The Hall–Kier alpha value is -3.29. The minimum Gasteiger partial charge on any atom is -0.353 e. The van der Waals surface area contributed by atoms with Gasteiger partial charge in [0.05, 0.1) is 11.1 Å². The Bertz CT molecular complexity index is 979. The summed E-state index contributed by atoms with van der Waals surface area (Å²) in [6.45, 7) is 8.21. The number of amides is 3. The van der Waals surface area contributed by atoms with E-state index in [0.717, 1.165) is 11.5 Å². The standard InChI is InChI=1S/C23H27N5O3/c1-15(2)12-19(28-21(29)17-6-4-5-7-18(17)22(28)30)23(31)27-10-8-26(9-11-27)20-13-16(3)24-14-25-20/h4-7,13-15,19H,8-12H2,1-3H3. The third-order valence-corrected chi connectivity index (χ3v) is 5.82. The molecule has 1 aromatic heterocycles. The number of piperazine rings is 1. The number of aryl methyl sites for hydroxylation is 1. The number of aromatic nitrogens is 2. The smallest absolute Gasteiger partial charge is 0.262 e. The predicted molar refractivity (Wildman–Crippen MR) is 116 cm³/mol. The largest absolute Gasteiger partial charge is 0.353 e. The molecule has 8 nitrogen and oxygen atoms in total. The normalized spacial score (nSPS) is 17.4. The number of hydrogen-bond donors (Lipinski definition) is 0. The number of carbonyl (C=O) groups is 3. The highest BCUT2D eigenvalue weighted by Crippen LogP contribution is 2.28. The average molecular weight is 422 g/mol. The van der Waals surface area contributed by atoms with Crippen LogP contribution < -0.4 is 4.90 Å². The van der Waals surface area contributed by atoms with Gasteiger partial charge in [-0.05, 0) is 31.4 Å². The second-order valence-electron chi connectivity index (χ2n) is 8.50. The molecule has 1 aromatic carbocycles. The molecule has 1 atom stereocenters. The first-order chi connectivity index (χ1) is 14.9. The fourth-order valence-corrected chi connectivity index (χ4v) is 4.23. The van der Waals surface area contributed by atoms with E-state index in [9.17, 15) is 14.4 Å². The van der Waals surface area contributed by atoms with E-state index in [1.54, 1.807) is 35.5 Å². The maximum atomic E-state index is 13.5. The average Bonchev–Trinajstić information content (AvgIpc) is 3.02. The number of fused-ring (bicyclic) bond motifs is 1. The molecular weight excluding hydrogens is 394 g/mol. The van der Waals surface area contributed by atoms with Gasteiger partial charge in [0.15, 0.2) is 0 Å². The molecule has 1 fully saturated rings. The zero-order valence-electron chi connectivity index (χ0n) is 18.1. The molecule has 3 amide bonds. The monoisotopic (exact) mass is 421 g/mol. The highest BCUT2D eigenvalue weighted by Gasteiger charge is 2.44. The van der Waals surface area contributed by atoms with E-state index in [2.05, 4.69) is 14.9 Å². The Morgan fingerprint density at radius 3 is 2.16 bits per heavy atom. The van der Waals surface area contributed by atoms with E-state index in [4.69, 9.17) is 0 Å². The van der Waals surface area contributed by atoms with Crippen molar-refractivity contribution in [3.63, 3.8) is 0 Å². The molecule has 1 unspecified atom stereocenters. The summed E-state index contributed by atoms with van der Waals surface area (Å²) in [5.41, 5.74) is 1.64. The van der Waals surface area contributed by atoms with Gasteiger partial charge in [-0.3, -0.25) is 19.3 Å². The summed E-state index contributed by atoms with van der Waals surface area (Å²) >= 11 is 0. The summed E-state index contributed by atoms with van der Waals surface area (Å²) < 4.78 is 0. The van der Waals surface area contributed by atoms with E-state index < -0.39 is 6.04 Å². The number of rotatable bonds is 5. The van der Waals surface area contributed by atoms with E-state index in [-0.39, 0.29) is 23.6 Å². The molecule has 0 aliphatic carbocycles. The fraction of sp³-hybridized carbons (Fsp3) is 0.435. The SMILES string of the molecule is Cc1cc(N2CCN(C(=O)C(CC(C)C)N3C(=O)c4ccccc4C3=O)CC2)ncn1. The molecule has 162 valence electrons. The van der Waals surface area contributed by atoms with Crippen molar-refractivity contribution in [1.29, 1.82) is 0 Å². The van der Waals surface area contributed by atoms with Crippen LogP contribution in [-0.2, 0) is 4.79 Å². The van der Waals surface area contributed by atoms with Crippen LogP contribution in [0.5, 0.6) is 0 Å². The molecule has 3 heterocycles. The molecule has 31 heavy (non-hydrogen) atoms. The first-order valence-electron chi connectivity index (χ1n) is 10.7. The van der Waals surface area contributed by atoms with Crippen LogP contribution in [0.2, 0.25) is 0 Å². The van der Waals surface area contributed by atoms with Crippen molar-refractivity contribution in [2.24, 2.45) is 5.92 Å². The summed E-state index contributed by atoms with van der Waals surface area (Å²) in [6, 6.07) is 7.91. The Balaban J connectivity index is 1.51. The Labute approximate surface area is 181 Å². The van der Waals surface area contributed by atoms with Crippen molar-refractivity contribution in [3.05, 3.63) is 53.5 Å². The second-order valence-corrected chi connectivity index (χ2v) is 8.50. The number of nitrogens with zero attached hydrogens (tertiary/aromatic N) is 5. The van der Waals surface area contributed by atoms with Gasteiger partial charge in [0.2, 0.25) is 5.91 Å². The molecule has 8 heteroatoms. The second kappa shape index (κ2) is 8.45. The Morgan fingerprint density at radius 2 is 1.61 bits per heavy atom. The molecular formula is C23H27N5O3. The van der Waals surface area contributed by atoms with Crippen molar-refractivity contribution in [3.8, 4) is 0 Å². The third-order valence-electron chi connectivity index (χ3n) is 5.82. The van der Waals surface area contributed by atoms with Gasteiger partial charge in [-0.2, -0.15) is 0 Å². The number of imide groups is 1. The zero-order chi connectivity index (χ0) is 22.1. The maximum Gasteiger partial charge on any atom is 0.262 e. The van der Waals surface area contributed by atoms with Crippen LogP contribution in [0.1, 0.15) is 46.7 Å². The summed E-state index contributed by atoms with van der Waals surface area (Å²) in [7, 11) is 0. The first-order valence-corrected chi connectivity index (χ1v) is 10.7. The summed E-state index contributed by atoms with van der Waals surface area (Å²) in [6.07, 6.45) is 1.98. The minimum atomic E-state index is -0.791. The molecule has 0 bridgehead atoms. The van der Waals surface area contributed by atoms with Crippen LogP contribution in [0, 0.1) is 12.8 Å². The lowest BCUT2D eigenvalue weighted by molar-refractivity contribution is -0.136. The number of hydrogen-bond acceptors (Lipinski definition) is 6. The van der Waals surface area contributed by atoms with Crippen LogP contribution in [0.25, 0.3) is 0 Å². The molecule has 0 saturated carbocycles. The van der Waals surface area contributed by atoms with Gasteiger partial charge in [-0.25, -0.2) is 9.97 Å². The van der Waals surface area contributed by atoms with E-state index in [1.807, 2.05) is 26.8 Å². The molecule has 2 aliphatic rings. The molecule has 0 spiro atoms. The van der Waals surface area contributed by atoms with Gasteiger partial charge in [0.1, 0.15) is 18.2 Å². The quantitative estimate of drug-likeness (QED) is 0.688. The lowest BCUT2D eigenvalue weighted by atomic mass is 10.0. The predicted octanol–water partition coefficient (Wildman–Crippen LogP) is 2.14. The van der Waals surface area contributed by atoms with Crippen molar-refractivity contribution >= 4 is 23.5 Å². The molecule has 1 saturated heterocycles.